The van der Waals surface area contributed by atoms with Gasteiger partial charge in [0.25, 0.3) is 0 Å². The molecule has 4 heteroatoms. The molecule has 0 aliphatic carbocycles. The van der Waals surface area contributed by atoms with Crippen molar-refractivity contribution in [2.24, 2.45) is 16.6 Å². The minimum atomic E-state index is -2.24. The Morgan fingerprint density at radius 3 is 1.31 bits per heavy atom. The van der Waals surface area contributed by atoms with Gasteiger partial charge in [-0.2, -0.15) is 5.09 Å². The van der Waals surface area contributed by atoms with E-state index >= 15 is 0 Å². The Balaban J connectivity index is 2.13. The van der Waals surface area contributed by atoms with Crippen LogP contribution in [0, 0.1) is 11.8 Å². The van der Waals surface area contributed by atoms with Crippen molar-refractivity contribution >= 4 is 35.7 Å². The molecule has 0 unspecified atom stereocenters. The van der Waals surface area contributed by atoms with Crippen LogP contribution in [0.5, 0.6) is 0 Å². The Morgan fingerprint density at radius 1 is 0.564 bits per heavy atom. The SMILES string of the molecule is CC(C)[C@H](C)N=P(C[P+](N[C@@H](C)C(C)C)(c1ccccc1)c1ccccc1)(c1ccccc1)c1ccccc1. The van der Waals surface area contributed by atoms with Crippen LogP contribution in [-0.2, 0) is 0 Å². The fourth-order valence-corrected chi connectivity index (χ4v) is 16.4. The summed E-state index contributed by atoms with van der Waals surface area (Å²) in [7, 11) is -4.38. The van der Waals surface area contributed by atoms with Gasteiger partial charge in [-0.05, 0) is 60.6 Å². The Hall–Kier alpha value is -2.50. The van der Waals surface area contributed by atoms with Crippen molar-refractivity contribution in [3.63, 3.8) is 0 Å². The van der Waals surface area contributed by atoms with Crippen LogP contribution in [0.2, 0.25) is 0 Å². The predicted molar refractivity (Wildman–Crippen MR) is 177 cm³/mol. The van der Waals surface area contributed by atoms with Crippen LogP contribution in [-0.4, -0.2) is 18.0 Å². The van der Waals surface area contributed by atoms with Crippen molar-refractivity contribution in [1.82, 2.24) is 5.09 Å². The maximum Gasteiger partial charge on any atom is 0.152 e. The van der Waals surface area contributed by atoms with Gasteiger partial charge < -0.3 is 0 Å². The van der Waals surface area contributed by atoms with Crippen LogP contribution in [0.15, 0.2) is 126 Å². The monoisotopic (exact) mass is 555 g/mol. The standard InChI is InChI=1S/C35H45N2P2/c1-28(2)30(5)36-38(32-19-11-7-12-20-32,33-21-13-8-14-22-33)27-39(37-31(6)29(3)4,34-23-15-9-16-24-34)35-25-17-10-18-26-35/h7-26,28-31,36H,27H2,1-6H3/q+1/t30-,31-/m0/s1. The summed E-state index contributed by atoms with van der Waals surface area (Å²) in [6.45, 7) is 13.9. The topological polar surface area (TPSA) is 24.4 Å². The molecule has 0 spiro atoms. The Labute approximate surface area is 237 Å². The van der Waals surface area contributed by atoms with E-state index in [0.29, 0.717) is 17.9 Å². The lowest BCUT2D eigenvalue weighted by Gasteiger charge is -2.37. The van der Waals surface area contributed by atoms with E-state index in [9.17, 15) is 0 Å². The molecule has 0 aliphatic rings. The number of nitrogens with one attached hydrogen (secondary N) is 1. The van der Waals surface area contributed by atoms with Crippen LogP contribution < -0.4 is 26.3 Å². The molecule has 4 aromatic carbocycles. The number of hydrogen-bond acceptors (Lipinski definition) is 2. The molecular weight excluding hydrogens is 510 g/mol. The van der Waals surface area contributed by atoms with Crippen LogP contribution in [0.25, 0.3) is 0 Å². The highest BCUT2D eigenvalue weighted by atomic mass is 31.2. The smallest absolute Gasteiger partial charge is 0.152 e. The Bertz CT molecular complexity index is 1250. The van der Waals surface area contributed by atoms with Crippen LogP contribution in [0.3, 0.4) is 0 Å². The van der Waals surface area contributed by atoms with E-state index in [1.807, 2.05) is 0 Å². The molecule has 0 bridgehead atoms. The normalized spacial score (nSPS) is 13.8. The van der Waals surface area contributed by atoms with E-state index in [1.165, 1.54) is 21.2 Å². The first kappa shape index (κ1) is 29.5. The second-order valence-corrected chi connectivity index (χ2v) is 18.2. The molecule has 0 fully saturated rings. The summed E-state index contributed by atoms with van der Waals surface area (Å²) < 4.78 is 5.93. The number of nitrogens with zero attached hydrogens (tertiary/aromatic N) is 1. The number of benzene rings is 4. The quantitative estimate of drug-likeness (QED) is 0.186. The molecular formula is C35H45N2P2+. The van der Waals surface area contributed by atoms with Crippen molar-refractivity contribution in [2.45, 2.75) is 53.6 Å². The Kier molecular flexibility index (Phi) is 10.0. The maximum absolute atomic E-state index is 5.93. The minimum Gasteiger partial charge on any atom is -0.287 e. The van der Waals surface area contributed by atoms with Gasteiger partial charge >= 0.3 is 0 Å². The highest BCUT2D eigenvalue weighted by Gasteiger charge is 2.50. The zero-order valence-electron chi connectivity index (χ0n) is 24.4. The third-order valence-electron chi connectivity index (χ3n) is 7.95. The van der Waals surface area contributed by atoms with Crippen molar-refractivity contribution < 1.29 is 0 Å². The van der Waals surface area contributed by atoms with E-state index in [4.69, 9.17) is 4.74 Å². The summed E-state index contributed by atoms with van der Waals surface area (Å²) in [6, 6.07) is 45.4. The first-order chi connectivity index (χ1) is 18.8. The summed E-state index contributed by atoms with van der Waals surface area (Å²) in [5.74, 6) is 1.93. The number of hydrogen-bond donors (Lipinski definition) is 1. The molecule has 0 aromatic heterocycles. The highest BCUT2D eigenvalue weighted by molar-refractivity contribution is 7.99. The van der Waals surface area contributed by atoms with Crippen molar-refractivity contribution in [1.29, 1.82) is 0 Å². The van der Waals surface area contributed by atoms with Gasteiger partial charge in [-0.3, -0.25) is 4.74 Å². The third kappa shape index (κ3) is 6.63. The van der Waals surface area contributed by atoms with Gasteiger partial charge in [0.2, 0.25) is 0 Å². The zero-order chi connectivity index (χ0) is 27.9. The summed E-state index contributed by atoms with van der Waals surface area (Å²) in [5, 5.41) is 9.85. The van der Waals surface area contributed by atoms with Gasteiger partial charge in [0, 0.05) is 12.1 Å². The lowest BCUT2D eigenvalue weighted by Crippen LogP contribution is -2.43. The molecule has 39 heavy (non-hydrogen) atoms. The van der Waals surface area contributed by atoms with Crippen molar-refractivity contribution in [3.8, 4) is 0 Å². The average Bonchev–Trinajstić information content (AvgIpc) is 2.98. The molecule has 204 valence electrons. The van der Waals surface area contributed by atoms with Gasteiger partial charge in [-0.25, -0.2) is 0 Å². The largest absolute Gasteiger partial charge is 0.287 e. The van der Waals surface area contributed by atoms with Crippen molar-refractivity contribution in [2.75, 3.05) is 5.90 Å². The molecule has 2 nitrogen and oxygen atoms in total. The zero-order valence-corrected chi connectivity index (χ0v) is 26.2. The van der Waals surface area contributed by atoms with E-state index in [0.717, 1.165) is 5.90 Å². The molecule has 0 aliphatic heterocycles. The van der Waals surface area contributed by atoms with Gasteiger partial charge in [-0.1, -0.05) is 125 Å². The van der Waals surface area contributed by atoms with E-state index < -0.39 is 14.5 Å². The van der Waals surface area contributed by atoms with E-state index in [1.54, 1.807) is 0 Å². The van der Waals surface area contributed by atoms with Gasteiger partial charge in [0.05, 0.1) is 7.05 Å². The minimum absolute atomic E-state index is 0.231. The lowest BCUT2D eigenvalue weighted by atomic mass is 10.1. The lowest BCUT2D eigenvalue weighted by molar-refractivity contribution is 0.497. The second kappa shape index (κ2) is 13.2. The summed E-state index contributed by atoms with van der Waals surface area (Å²) >= 11 is 0. The van der Waals surface area contributed by atoms with Crippen molar-refractivity contribution in [3.05, 3.63) is 121 Å². The first-order valence-corrected chi connectivity index (χ1v) is 18.2. The molecule has 1 N–H and O–H groups in total. The molecule has 0 saturated carbocycles. The first-order valence-electron chi connectivity index (χ1n) is 14.3. The molecule has 2 atom stereocenters. The molecule has 4 aromatic rings. The molecule has 4 rings (SSSR count). The van der Waals surface area contributed by atoms with Crippen LogP contribution in [0.4, 0.5) is 0 Å². The van der Waals surface area contributed by atoms with Gasteiger partial charge in [0.1, 0.15) is 16.5 Å². The molecule has 0 saturated heterocycles. The molecule has 0 amide bonds. The third-order valence-corrected chi connectivity index (χ3v) is 17.6. The number of rotatable bonds is 11. The second-order valence-electron chi connectivity index (χ2n) is 11.3. The van der Waals surface area contributed by atoms with E-state index in [-0.39, 0.29) is 6.04 Å². The molecule has 0 heterocycles. The average molecular weight is 556 g/mol. The van der Waals surface area contributed by atoms with Crippen LogP contribution >= 0.6 is 14.5 Å². The summed E-state index contributed by atoms with van der Waals surface area (Å²) in [4.78, 5) is 0. The maximum atomic E-state index is 5.93. The summed E-state index contributed by atoms with van der Waals surface area (Å²) in [6.07, 6.45) is 0. The Morgan fingerprint density at radius 2 is 0.949 bits per heavy atom. The van der Waals surface area contributed by atoms with Crippen LogP contribution in [0.1, 0.15) is 41.5 Å². The fourth-order valence-electron chi connectivity index (χ4n) is 4.95. The fraction of sp³-hybridized carbons (Fsp3) is 0.314. The molecule has 0 radical (unpaired) electrons. The van der Waals surface area contributed by atoms with Gasteiger partial charge in [0.15, 0.2) is 7.41 Å². The summed E-state index contributed by atoms with van der Waals surface area (Å²) in [5.41, 5.74) is 0. The highest BCUT2D eigenvalue weighted by Crippen LogP contribution is 2.66. The predicted octanol–water partition coefficient (Wildman–Crippen LogP) is 8.06. The van der Waals surface area contributed by atoms with Gasteiger partial charge in [-0.15, -0.1) is 0 Å². The van der Waals surface area contributed by atoms with E-state index in [2.05, 4.69) is 168 Å².